The van der Waals surface area contributed by atoms with Gasteiger partial charge in [-0.1, -0.05) is 35.9 Å². The summed E-state index contributed by atoms with van der Waals surface area (Å²) in [6.45, 7) is 2.35. The van der Waals surface area contributed by atoms with Gasteiger partial charge in [0, 0.05) is 24.2 Å². The van der Waals surface area contributed by atoms with Crippen molar-refractivity contribution in [3.05, 3.63) is 88.2 Å². The van der Waals surface area contributed by atoms with Crippen molar-refractivity contribution in [2.75, 3.05) is 0 Å². The van der Waals surface area contributed by atoms with Gasteiger partial charge in [-0.25, -0.2) is 9.37 Å². The Kier molecular flexibility index (Phi) is 6.26. The lowest BCUT2D eigenvalue weighted by Crippen LogP contribution is -2.64. The lowest BCUT2D eigenvalue weighted by Gasteiger charge is -2.44. The van der Waals surface area contributed by atoms with Gasteiger partial charge in [0.15, 0.2) is 5.69 Å². The molecule has 3 amide bonds. The number of aromatic nitrogens is 2. The fraction of sp³-hybridized carbons (Fsp3) is 0.308. The van der Waals surface area contributed by atoms with Crippen molar-refractivity contribution in [3.8, 4) is 0 Å². The summed E-state index contributed by atoms with van der Waals surface area (Å²) in [5.74, 6) is -1.53. The molecule has 0 saturated heterocycles. The summed E-state index contributed by atoms with van der Waals surface area (Å²) in [5, 5.41) is 6.29. The van der Waals surface area contributed by atoms with Gasteiger partial charge in [-0.3, -0.25) is 14.4 Å². The second-order valence-electron chi connectivity index (χ2n) is 9.37. The Morgan fingerprint density at radius 3 is 2.31 bits per heavy atom. The Morgan fingerprint density at radius 1 is 1.06 bits per heavy atom. The van der Waals surface area contributed by atoms with E-state index in [4.69, 9.17) is 11.6 Å². The molecular weight excluding hydrogens is 485 g/mol. The topological polar surface area (TPSA) is 96.3 Å². The molecule has 36 heavy (non-hydrogen) atoms. The van der Waals surface area contributed by atoms with Crippen LogP contribution in [0.5, 0.6) is 0 Å². The van der Waals surface area contributed by atoms with E-state index < -0.39 is 17.4 Å². The number of imidazole rings is 1. The summed E-state index contributed by atoms with van der Waals surface area (Å²) < 4.78 is 14.8. The van der Waals surface area contributed by atoms with Crippen molar-refractivity contribution < 1.29 is 18.8 Å². The lowest BCUT2D eigenvalue weighted by atomic mass is 9.93. The maximum atomic E-state index is 13.7. The summed E-state index contributed by atoms with van der Waals surface area (Å²) in [6.07, 6.45) is 3.01. The van der Waals surface area contributed by atoms with Crippen LogP contribution in [0.2, 0.25) is 5.02 Å². The van der Waals surface area contributed by atoms with E-state index in [9.17, 15) is 18.8 Å². The monoisotopic (exact) mass is 509 g/mol. The quantitative estimate of drug-likeness (QED) is 0.511. The maximum absolute atomic E-state index is 13.7. The highest BCUT2D eigenvalue weighted by Gasteiger charge is 2.53. The van der Waals surface area contributed by atoms with Crippen molar-refractivity contribution in [1.82, 2.24) is 25.1 Å². The zero-order chi connectivity index (χ0) is 25.4. The fourth-order valence-electron chi connectivity index (χ4n) is 4.56. The predicted octanol–water partition coefficient (Wildman–Crippen LogP) is 3.30. The first-order valence-electron chi connectivity index (χ1n) is 11.7. The second-order valence-corrected chi connectivity index (χ2v) is 9.80. The fourth-order valence-corrected chi connectivity index (χ4v) is 4.69. The normalized spacial score (nSPS) is 19.1. The molecule has 8 nitrogen and oxygen atoms in total. The van der Waals surface area contributed by atoms with Crippen LogP contribution in [0.1, 0.15) is 51.9 Å². The molecular formula is C26H25ClFN5O3. The minimum absolute atomic E-state index is 0.0355. The number of nitrogens with zero attached hydrogens (tertiary/aromatic N) is 3. The molecule has 2 aromatic carbocycles. The van der Waals surface area contributed by atoms with Crippen LogP contribution >= 0.6 is 11.6 Å². The number of hydrogen-bond donors (Lipinski definition) is 2. The summed E-state index contributed by atoms with van der Waals surface area (Å²) in [4.78, 5) is 45.8. The highest BCUT2D eigenvalue weighted by molar-refractivity contribution is 6.30. The van der Waals surface area contributed by atoms with Crippen molar-refractivity contribution >= 4 is 29.3 Å². The van der Waals surface area contributed by atoms with Gasteiger partial charge in [0.1, 0.15) is 17.1 Å². The van der Waals surface area contributed by atoms with Crippen LogP contribution < -0.4 is 10.6 Å². The van der Waals surface area contributed by atoms with Gasteiger partial charge in [-0.15, -0.1) is 0 Å². The molecule has 1 saturated carbocycles. The number of carbonyl (C=O) groups excluding carboxylic acids is 3. The molecule has 3 aromatic rings. The van der Waals surface area contributed by atoms with Crippen LogP contribution in [0.4, 0.5) is 4.39 Å². The summed E-state index contributed by atoms with van der Waals surface area (Å²) >= 11 is 5.91. The number of amides is 3. The Hall–Kier alpha value is -3.72. The molecule has 0 radical (unpaired) electrons. The van der Waals surface area contributed by atoms with Gasteiger partial charge < -0.3 is 20.1 Å². The van der Waals surface area contributed by atoms with E-state index in [1.807, 2.05) is 0 Å². The van der Waals surface area contributed by atoms with Gasteiger partial charge in [0.05, 0.1) is 12.9 Å². The first-order valence-corrected chi connectivity index (χ1v) is 12.1. The zero-order valence-electron chi connectivity index (χ0n) is 19.6. The van der Waals surface area contributed by atoms with E-state index >= 15 is 0 Å². The highest BCUT2D eigenvalue weighted by Crippen LogP contribution is 2.38. The SMILES string of the molecule is C[C@]1(C(=O)NCc2ccc(F)cc2)Cn2cnc(C(=O)NCc3ccc(Cl)cc3)c2C(=O)N1C1CC1. The van der Waals surface area contributed by atoms with E-state index in [1.54, 1.807) is 52.8 Å². The maximum Gasteiger partial charge on any atom is 0.274 e. The van der Waals surface area contributed by atoms with Crippen molar-refractivity contribution in [3.63, 3.8) is 0 Å². The number of halogens is 2. The minimum Gasteiger partial charge on any atom is -0.350 e. The first kappa shape index (κ1) is 24.0. The minimum atomic E-state index is -1.16. The number of nitrogens with one attached hydrogen (secondary N) is 2. The van der Waals surface area contributed by atoms with Crippen LogP contribution in [-0.4, -0.2) is 43.8 Å². The molecule has 0 unspecified atom stereocenters. The Morgan fingerprint density at radius 2 is 1.67 bits per heavy atom. The third-order valence-electron chi connectivity index (χ3n) is 6.62. The van der Waals surface area contributed by atoms with E-state index in [1.165, 1.54) is 18.5 Å². The molecule has 186 valence electrons. The van der Waals surface area contributed by atoms with Crippen LogP contribution in [-0.2, 0) is 24.4 Å². The predicted molar refractivity (Wildman–Crippen MR) is 131 cm³/mol. The molecule has 2 aliphatic rings. The molecule has 1 atom stereocenters. The molecule has 1 aliphatic heterocycles. The number of carbonyl (C=O) groups is 3. The molecule has 1 aromatic heterocycles. The Labute approximate surface area is 212 Å². The molecule has 0 spiro atoms. The zero-order valence-corrected chi connectivity index (χ0v) is 20.4. The molecule has 2 heterocycles. The van der Waals surface area contributed by atoms with E-state index in [-0.39, 0.29) is 48.8 Å². The van der Waals surface area contributed by atoms with Gasteiger partial charge in [-0.2, -0.15) is 0 Å². The largest absolute Gasteiger partial charge is 0.350 e. The highest BCUT2D eigenvalue weighted by atomic mass is 35.5. The Bertz CT molecular complexity index is 1320. The van der Waals surface area contributed by atoms with Gasteiger partial charge >= 0.3 is 0 Å². The average Bonchev–Trinajstić information content (AvgIpc) is 3.60. The molecule has 1 aliphatic carbocycles. The molecule has 2 N–H and O–H groups in total. The van der Waals surface area contributed by atoms with E-state index in [2.05, 4.69) is 15.6 Å². The van der Waals surface area contributed by atoms with E-state index in [0.29, 0.717) is 5.02 Å². The van der Waals surface area contributed by atoms with Crippen LogP contribution in [0.25, 0.3) is 0 Å². The number of fused-ring (bicyclic) bond motifs is 1. The molecule has 10 heteroatoms. The first-order chi connectivity index (χ1) is 17.3. The third-order valence-corrected chi connectivity index (χ3v) is 6.87. The average molecular weight is 510 g/mol. The van der Waals surface area contributed by atoms with Crippen LogP contribution in [0, 0.1) is 5.82 Å². The molecule has 0 bridgehead atoms. The van der Waals surface area contributed by atoms with Gasteiger partial charge in [0.2, 0.25) is 5.91 Å². The standard InChI is InChI=1S/C26H25ClFN5O3/c1-26(25(36)30-13-17-4-8-19(28)9-5-17)14-32-15-31-21(22(32)24(35)33(26)20-10-11-20)23(34)29-12-16-2-6-18(27)7-3-16/h2-9,15,20H,10-14H2,1H3,(H,29,34)(H,30,36)/t26-/m1/s1. The molecule has 5 rings (SSSR count). The third kappa shape index (κ3) is 4.58. The van der Waals surface area contributed by atoms with E-state index in [0.717, 1.165) is 24.0 Å². The summed E-state index contributed by atoms with van der Waals surface area (Å²) in [7, 11) is 0. The van der Waals surface area contributed by atoms with Gasteiger partial charge in [-0.05, 0) is 55.2 Å². The molecule has 1 fully saturated rings. The number of hydrogen-bond acceptors (Lipinski definition) is 4. The summed E-state index contributed by atoms with van der Waals surface area (Å²) in [5.41, 5.74) is 0.657. The van der Waals surface area contributed by atoms with Crippen LogP contribution in [0.3, 0.4) is 0 Å². The van der Waals surface area contributed by atoms with Crippen LogP contribution in [0.15, 0.2) is 54.9 Å². The van der Waals surface area contributed by atoms with Crippen molar-refractivity contribution in [1.29, 1.82) is 0 Å². The number of rotatable bonds is 7. The van der Waals surface area contributed by atoms with Gasteiger partial charge in [0.25, 0.3) is 11.8 Å². The second kappa shape index (κ2) is 9.39. The number of benzene rings is 2. The summed E-state index contributed by atoms with van der Waals surface area (Å²) in [6, 6.07) is 12.9. The van der Waals surface area contributed by atoms with Crippen molar-refractivity contribution in [2.45, 2.75) is 51.0 Å². The Balaban J connectivity index is 1.35. The van der Waals surface area contributed by atoms with Crippen molar-refractivity contribution in [2.24, 2.45) is 0 Å². The smallest absolute Gasteiger partial charge is 0.274 e. The lowest BCUT2D eigenvalue weighted by molar-refractivity contribution is -0.133.